The first-order chi connectivity index (χ1) is 10.6. The summed E-state index contributed by atoms with van der Waals surface area (Å²) < 4.78 is 7.67. The van der Waals surface area contributed by atoms with Crippen LogP contribution >= 0.6 is 0 Å². The van der Waals surface area contributed by atoms with Gasteiger partial charge in [-0.3, -0.25) is 0 Å². The second kappa shape index (κ2) is 13.7. The number of rotatable bonds is 14. The molecule has 0 fully saturated rings. The quantitative estimate of drug-likeness (QED) is 0.271. The molecule has 0 aliphatic carbocycles. The molecular formula is C20H43NSn. The monoisotopic (exact) mass is 417 g/mol. The van der Waals surface area contributed by atoms with Gasteiger partial charge in [0.25, 0.3) is 0 Å². The van der Waals surface area contributed by atoms with Crippen LogP contribution in [0.15, 0.2) is 12.3 Å². The molecule has 0 saturated heterocycles. The fraction of sp³-hybridized carbons (Fsp3) is 0.900. The summed E-state index contributed by atoms with van der Waals surface area (Å²) in [5, 5.41) is 0. The van der Waals surface area contributed by atoms with Gasteiger partial charge in [-0.1, -0.05) is 0 Å². The average Bonchev–Trinajstić information content (AvgIpc) is 2.51. The summed E-state index contributed by atoms with van der Waals surface area (Å²) in [6.07, 6.45) is 14.6. The van der Waals surface area contributed by atoms with Crippen molar-refractivity contribution in [1.29, 1.82) is 0 Å². The first kappa shape index (κ1) is 22.3. The third kappa shape index (κ3) is 8.84. The van der Waals surface area contributed by atoms with Crippen LogP contribution in [0.5, 0.6) is 0 Å². The normalized spacial score (nSPS) is 12.5. The van der Waals surface area contributed by atoms with Gasteiger partial charge in [0.1, 0.15) is 0 Å². The van der Waals surface area contributed by atoms with Gasteiger partial charge in [0.2, 0.25) is 0 Å². The SMILES string of the molecule is CCC=C[N](CC(C)C)[Sn]([CH2]CCC)([CH2]CCC)[CH2]CCC. The van der Waals surface area contributed by atoms with E-state index in [0.717, 1.165) is 5.92 Å². The van der Waals surface area contributed by atoms with Gasteiger partial charge in [-0.15, -0.1) is 0 Å². The second-order valence-corrected chi connectivity index (χ2v) is 20.3. The molecule has 0 radical (unpaired) electrons. The van der Waals surface area contributed by atoms with Crippen LogP contribution in [0.3, 0.4) is 0 Å². The second-order valence-electron chi connectivity index (χ2n) is 7.37. The maximum absolute atomic E-state index is 2.95. The Balaban J connectivity index is 5.37. The Morgan fingerprint density at radius 3 is 1.59 bits per heavy atom. The van der Waals surface area contributed by atoms with E-state index in [2.05, 4.69) is 56.9 Å². The van der Waals surface area contributed by atoms with Crippen molar-refractivity contribution >= 4 is 18.7 Å². The predicted molar refractivity (Wildman–Crippen MR) is 106 cm³/mol. The van der Waals surface area contributed by atoms with Crippen molar-refractivity contribution in [3.8, 4) is 0 Å². The van der Waals surface area contributed by atoms with Crippen LogP contribution in [0.1, 0.15) is 86.5 Å². The van der Waals surface area contributed by atoms with Crippen LogP contribution in [-0.2, 0) is 0 Å². The summed E-state index contributed by atoms with van der Waals surface area (Å²) in [4.78, 5) is 0. The van der Waals surface area contributed by atoms with Gasteiger partial charge in [0.05, 0.1) is 0 Å². The standard InChI is InChI=1S/C8H16N.3C4H9.Sn/c1-4-5-6-9-7-8(2)3;3*1-3-4-2;/h5-6,8H,4,7H2,1-3H3;3*1,3-4H2,2H3;/q-1;;;;+1. The van der Waals surface area contributed by atoms with Gasteiger partial charge in [-0.25, -0.2) is 0 Å². The molecule has 0 spiro atoms. The van der Waals surface area contributed by atoms with Gasteiger partial charge >= 0.3 is 146 Å². The van der Waals surface area contributed by atoms with Gasteiger partial charge in [0.15, 0.2) is 0 Å². The molecule has 0 aromatic heterocycles. The molecule has 0 atom stereocenters. The summed E-state index contributed by atoms with van der Waals surface area (Å²) in [6.45, 7) is 15.4. The fourth-order valence-electron chi connectivity index (χ4n) is 3.36. The summed E-state index contributed by atoms with van der Waals surface area (Å²) >= 11 is -2.23. The van der Waals surface area contributed by atoms with E-state index < -0.39 is 18.7 Å². The van der Waals surface area contributed by atoms with Crippen molar-refractivity contribution in [1.82, 2.24) is 3.12 Å². The molecule has 0 aromatic rings. The molecule has 0 saturated carbocycles. The molecule has 0 rings (SSSR count). The molecule has 2 heteroatoms. The minimum atomic E-state index is -2.23. The molecule has 0 N–H and O–H groups in total. The van der Waals surface area contributed by atoms with Crippen LogP contribution in [0.2, 0.25) is 13.3 Å². The zero-order valence-corrected chi connectivity index (χ0v) is 19.3. The predicted octanol–water partition coefficient (Wildman–Crippen LogP) is 7.21. The number of nitrogens with zero attached hydrogens (tertiary/aromatic N) is 1. The van der Waals surface area contributed by atoms with Crippen molar-refractivity contribution < 1.29 is 0 Å². The van der Waals surface area contributed by atoms with Crippen LogP contribution in [0, 0.1) is 5.92 Å². The molecule has 0 aliphatic heterocycles. The molecule has 22 heavy (non-hydrogen) atoms. The van der Waals surface area contributed by atoms with E-state index in [-0.39, 0.29) is 0 Å². The minimum absolute atomic E-state index is 0.780. The Morgan fingerprint density at radius 1 is 0.818 bits per heavy atom. The van der Waals surface area contributed by atoms with Crippen molar-refractivity contribution in [2.75, 3.05) is 6.54 Å². The zero-order chi connectivity index (χ0) is 16.8. The summed E-state index contributed by atoms with van der Waals surface area (Å²) in [7, 11) is 0. The Bertz CT molecular complexity index is 251. The number of unbranched alkanes of at least 4 members (excludes halogenated alkanes) is 3. The van der Waals surface area contributed by atoms with Gasteiger partial charge in [0, 0.05) is 0 Å². The van der Waals surface area contributed by atoms with Crippen LogP contribution in [0.4, 0.5) is 0 Å². The van der Waals surface area contributed by atoms with E-state index in [1.54, 1.807) is 13.3 Å². The molecule has 0 aromatic carbocycles. The van der Waals surface area contributed by atoms with E-state index in [4.69, 9.17) is 0 Å². The average molecular weight is 416 g/mol. The van der Waals surface area contributed by atoms with Gasteiger partial charge in [-0.05, 0) is 0 Å². The Morgan fingerprint density at radius 2 is 1.27 bits per heavy atom. The van der Waals surface area contributed by atoms with E-state index in [0.29, 0.717) is 0 Å². The third-order valence-electron chi connectivity index (χ3n) is 4.68. The topological polar surface area (TPSA) is 3.24 Å². The molecule has 0 unspecified atom stereocenters. The van der Waals surface area contributed by atoms with Gasteiger partial charge < -0.3 is 0 Å². The third-order valence-corrected chi connectivity index (χ3v) is 20.1. The van der Waals surface area contributed by atoms with Crippen molar-refractivity contribution in [2.45, 2.75) is 99.8 Å². The van der Waals surface area contributed by atoms with Gasteiger partial charge in [-0.2, -0.15) is 0 Å². The maximum atomic E-state index is 2.95. The van der Waals surface area contributed by atoms with Crippen LogP contribution in [-0.4, -0.2) is 28.3 Å². The van der Waals surface area contributed by atoms with E-state index in [1.165, 1.54) is 51.5 Å². The summed E-state index contributed by atoms with van der Waals surface area (Å²) in [5.41, 5.74) is 0. The van der Waals surface area contributed by atoms with Crippen LogP contribution < -0.4 is 0 Å². The Kier molecular flexibility index (Phi) is 14.0. The molecule has 0 bridgehead atoms. The van der Waals surface area contributed by atoms with Crippen molar-refractivity contribution in [3.63, 3.8) is 0 Å². The Hall–Kier alpha value is 0.339. The Labute approximate surface area is 146 Å². The van der Waals surface area contributed by atoms with E-state index in [1.807, 2.05) is 0 Å². The van der Waals surface area contributed by atoms with Crippen molar-refractivity contribution in [3.05, 3.63) is 12.3 Å². The molecule has 0 aliphatic rings. The first-order valence-corrected chi connectivity index (χ1v) is 17.3. The molecule has 1 nitrogen and oxygen atoms in total. The molecule has 132 valence electrons. The zero-order valence-electron chi connectivity index (χ0n) is 16.5. The molecule has 0 heterocycles. The van der Waals surface area contributed by atoms with Crippen molar-refractivity contribution in [2.24, 2.45) is 5.92 Å². The van der Waals surface area contributed by atoms with E-state index in [9.17, 15) is 0 Å². The summed E-state index contributed by atoms with van der Waals surface area (Å²) in [5.74, 6) is 0.780. The number of hydrogen-bond donors (Lipinski definition) is 0. The molecule has 0 amide bonds. The van der Waals surface area contributed by atoms with E-state index >= 15 is 0 Å². The summed E-state index contributed by atoms with van der Waals surface area (Å²) in [6, 6.07) is 0. The molecular weight excluding hydrogens is 373 g/mol. The fourth-order valence-corrected chi connectivity index (χ4v) is 20.0. The van der Waals surface area contributed by atoms with Crippen LogP contribution in [0.25, 0.3) is 0 Å². The number of hydrogen-bond acceptors (Lipinski definition) is 1. The first-order valence-electron chi connectivity index (χ1n) is 9.99. The number of allylic oxidation sites excluding steroid dienone is 1.